The smallest absolute Gasteiger partial charge is 0.151 e. The van der Waals surface area contributed by atoms with Gasteiger partial charge >= 0.3 is 0 Å². The first-order valence-corrected chi connectivity index (χ1v) is 9.19. The van der Waals surface area contributed by atoms with E-state index in [0.717, 1.165) is 12.8 Å². The van der Waals surface area contributed by atoms with Crippen LogP contribution in [0.25, 0.3) is 0 Å². The minimum absolute atomic E-state index is 0.531. The van der Waals surface area contributed by atoms with Gasteiger partial charge in [-0.25, -0.2) is 0 Å². The molecule has 0 aliphatic carbocycles. The Hall–Kier alpha value is -0.860. The van der Waals surface area contributed by atoms with Crippen molar-refractivity contribution in [2.45, 2.75) is 89.8 Å². The Morgan fingerprint density at radius 1 is 0.591 bits per heavy atom. The largest absolute Gasteiger partial charge is 0.368 e. The first-order valence-electron chi connectivity index (χ1n) is 9.19. The molecular formula is C20H34O2. The monoisotopic (exact) mass is 306 g/mol. The number of rotatable bonds is 14. The number of aliphatic hydroxyl groups is 2. The summed E-state index contributed by atoms with van der Waals surface area (Å²) in [7, 11) is 0. The molecule has 0 aliphatic rings. The van der Waals surface area contributed by atoms with E-state index in [9.17, 15) is 0 Å². The van der Waals surface area contributed by atoms with Crippen molar-refractivity contribution in [1.82, 2.24) is 0 Å². The van der Waals surface area contributed by atoms with E-state index in [1.54, 1.807) is 0 Å². The van der Waals surface area contributed by atoms with Gasteiger partial charge in [-0.3, -0.25) is 0 Å². The average molecular weight is 306 g/mol. The fourth-order valence-electron chi connectivity index (χ4n) is 2.89. The second kappa shape index (κ2) is 13.8. The van der Waals surface area contributed by atoms with Crippen LogP contribution in [0, 0.1) is 0 Å². The van der Waals surface area contributed by atoms with Gasteiger partial charge in [0.05, 0.1) is 0 Å². The van der Waals surface area contributed by atoms with Gasteiger partial charge in [0.25, 0.3) is 0 Å². The van der Waals surface area contributed by atoms with Crippen LogP contribution >= 0.6 is 0 Å². The topological polar surface area (TPSA) is 40.5 Å². The van der Waals surface area contributed by atoms with Crippen LogP contribution in [-0.2, 0) is 6.42 Å². The lowest BCUT2D eigenvalue weighted by Crippen LogP contribution is -2.02. The summed E-state index contributed by atoms with van der Waals surface area (Å²) in [6, 6.07) is 10.8. The molecule has 2 heteroatoms. The van der Waals surface area contributed by atoms with Crippen LogP contribution in [0.15, 0.2) is 30.3 Å². The van der Waals surface area contributed by atoms with E-state index in [1.165, 1.54) is 69.8 Å². The van der Waals surface area contributed by atoms with Crippen molar-refractivity contribution in [3.8, 4) is 0 Å². The van der Waals surface area contributed by atoms with E-state index >= 15 is 0 Å². The molecule has 0 aliphatic heterocycles. The number of hydrogen-bond donors (Lipinski definition) is 2. The summed E-state index contributed by atoms with van der Waals surface area (Å²) in [5, 5.41) is 17.5. The van der Waals surface area contributed by atoms with Crippen LogP contribution in [0.5, 0.6) is 0 Å². The van der Waals surface area contributed by atoms with Crippen molar-refractivity contribution >= 4 is 0 Å². The van der Waals surface area contributed by atoms with Crippen LogP contribution in [0.3, 0.4) is 0 Å². The van der Waals surface area contributed by atoms with Gasteiger partial charge in [0.2, 0.25) is 0 Å². The third kappa shape index (κ3) is 11.8. The molecule has 1 aromatic carbocycles. The molecule has 0 aromatic heterocycles. The first kappa shape index (κ1) is 19.2. The third-order valence-electron chi connectivity index (χ3n) is 4.27. The Morgan fingerprint density at radius 2 is 1.05 bits per heavy atom. The SMILES string of the molecule is OC(O)CCCCCCCCCCCCCc1ccccc1. The van der Waals surface area contributed by atoms with Crippen molar-refractivity contribution < 1.29 is 10.2 Å². The van der Waals surface area contributed by atoms with E-state index in [0.29, 0.717) is 6.42 Å². The Kier molecular flexibility index (Phi) is 12.0. The maximum absolute atomic E-state index is 8.73. The molecule has 0 saturated heterocycles. The van der Waals surface area contributed by atoms with Crippen molar-refractivity contribution in [1.29, 1.82) is 0 Å². The zero-order valence-electron chi connectivity index (χ0n) is 14.1. The number of aliphatic hydroxyl groups excluding tert-OH is 1. The molecule has 0 saturated carbocycles. The molecule has 0 fully saturated rings. The quantitative estimate of drug-likeness (QED) is 0.365. The van der Waals surface area contributed by atoms with Gasteiger partial charge in [0.1, 0.15) is 0 Å². The minimum atomic E-state index is -1.11. The zero-order chi connectivity index (χ0) is 15.9. The Bertz CT molecular complexity index is 335. The first-order chi connectivity index (χ1) is 10.8. The predicted octanol–water partition coefficient (Wildman–Crippen LogP) is 5.22. The van der Waals surface area contributed by atoms with Gasteiger partial charge in [0, 0.05) is 0 Å². The van der Waals surface area contributed by atoms with E-state index in [1.807, 2.05) is 0 Å². The molecule has 2 nitrogen and oxygen atoms in total. The number of unbranched alkanes of at least 4 members (excludes halogenated alkanes) is 10. The van der Waals surface area contributed by atoms with Crippen LogP contribution in [0.2, 0.25) is 0 Å². The Morgan fingerprint density at radius 3 is 1.55 bits per heavy atom. The normalized spacial score (nSPS) is 11.2. The molecule has 0 spiro atoms. The lowest BCUT2D eigenvalue weighted by molar-refractivity contribution is -0.0466. The Balaban J connectivity index is 1.75. The molecular weight excluding hydrogens is 272 g/mol. The molecule has 0 atom stereocenters. The highest BCUT2D eigenvalue weighted by Crippen LogP contribution is 2.13. The molecule has 0 heterocycles. The van der Waals surface area contributed by atoms with Crippen molar-refractivity contribution in [2.24, 2.45) is 0 Å². The summed E-state index contributed by atoms with van der Waals surface area (Å²) in [6.07, 6.45) is 14.8. The molecule has 0 bridgehead atoms. The maximum atomic E-state index is 8.73. The third-order valence-corrected chi connectivity index (χ3v) is 4.27. The van der Waals surface area contributed by atoms with Gasteiger partial charge in [-0.1, -0.05) is 88.1 Å². The summed E-state index contributed by atoms with van der Waals surface area (Å²) in [5.74, 6) is 0. The highest BCUT2D eigenvalue weighted by atomic mass is 16.5. The summed E-state index contributed by atoms with van der Waals surface area (Å²) < 4.78 is 0. The van der Waals surface area contributed by atoms with Crippen LogP contribution in [0.1, 0.15) is 82.6 Å². The number of aryl methyl sites for hydroxylation is 1. The molecule has 2 N–H and O–H groups in total. The molecule has 0 unspecified atom stereocenters. The predicted molar refractivity (Wildman–Crippen MR) is 93.8 cm³/mol. The fourth-order valence-corrected chi connectivity index (χ4v) is 2.89. The van der Waals surface area contributed by atoms with Gasteiger partial charge in [-0.15, -0.1) is 0 Å². The molecule has 22 heavy (non-hydrogen) atoms. The van der Waals surface area contributed by atoms with Crippen LogP contribution < -0.4 is 0 Å². The molecule has 126 valence electrons. The standard InChI is InChI=1S/C20H34O2/c21-20(22)18-14-9-7-5-3-1-2-4-6-8-11-15-19-16-12-10-13-17-19/h10,12-13,16-17,20-22H,1-9,11,14-15,18H2. The zero-order valence-corrected chi connectivity index (χ0v) is 14.1. The molecule has 0 amide bonds. The van der Waals surface area contributed by atoms with Gasteiger partial charge in [0.15, 0.2) is 6.29 Å². The molecule has 0 radical (unpaired) electrons. The van der Waals surface area contributed by atoms with E-state index in [-0.39, 0.29) is 0 Å². The van der Waals surface area contributed by atoms with Crippen molar-refractivity contribution in [3.63, 3.8) is 0 Å². The highest BCUT2D eigenvalue weighted by molar-refractivity contribution is 5.14. The van der Waals surface area contributed by atoms with E-state index < -0.39 is 6.29 Å². The number of hydrogen-bond acceptors (Lipinski definition) is 2. The molecule has 1 rings (SSSR count). The summed E-state index contributed by atoms with van der Waals surface area (Å²) >= 11 is 0. The minimum Gasteiger partial charge on any atom is -0.368 e. The van der Waals surface area contributed by atoms with Gasteiger partial charge in [-0.05, 0) is 31.2 Å². The highest BCUT2D eigenvalue weighted by Gasteiger charge is 1.97. The summed E-state index contributed by atoms with van der Waals surface area (Å²) in [6.45, 7) is 0. The van der Waals surface area contributed by atoms with E-state index in [4.69, 9.17) is 10.2 Å². The summed E-state index contributed by atoms with van der Waals surface area (Å²) in [5.41, 5.74) is 1.47. The van der Waals surface area contributed by atoms with Gasteiger partial charge in [-0.2, -0.15) is 0 Å². The van der Waals surface area contributed by atoms with Crippen LogP contribution in [-0.4, -0.2) is 16.5 Å². The van der Waals surface area contributed by atoms with E-state index in [2.05, 4.69) is 30.3 Å². The second-order valence-electron chi connectivity index (χ2n) is 6.39. The summed E-state index contributed by atoms with van der Waals surface area (Å²) in [4.78, 5) is 0. The second-order valence-corrected chi connectivity index (χ2v) is 6.39. The molecule has 1 aromatic rings. The van der Waals surface area contributed by atoms with Crippen molar-refractivity contribution in [3.05, 3.63) is 35.9 Å². The van der Waals surface area contributed by atoms with Crippen molar-refractivity contribution in [2.75, 3.05) is 0 Å². The lowest BCUT2D eigenvalue weighted by atomic mass is 10.0. The maximum Gasteiger partial charge on any atom is 0.151 e. The fraction of sp³-hybridized carbons (Fsp3) is 0.700. The average Bonchev–Trinajstić information content (AvgIpc) is 2.52. The van der Waals surface area contributed by atoms with Gasteiger partial charge < -0.3 is 10.2 Å². The number of benzene rings is 1. The Labute approximate surface area is 136 Å². The lowest BCUT2D eigenvalue weighted by Gasteiger charge is -2.04. The van der Waals surface area contributed by atoms with Crippen LogP contribution in [0.4, 0.5) is 0 Å².